The van der Waals surface area contributed by atoms with Crippen LogP contribution in [0.25, 0.3) is 0 Å². The molecule has 2 saturated heterocycles. The van der Waals surface area contributed by atoms with Crippen molar-refractivity contribution in [3.8, 4) is 0 Å². The quantitative estimate of drug-likeness (QED) is 0.768. The Morgan fingerprint density at radius 1 is 1.19 bits per heavy atom. The first-order valence-electron chi connectivity index (χ1n) is 10.7. The topological polar surface area (TPSA) is 43.8 Å². The van der Waals surface area contributed by atoms with E-state index in [1.54, 1.807) is 0 Å². The third kappa shape index (κ3) is 2.80. The first-order chi connectivity index (χ1) is 12.9. The minimum absolute atomic E-state index is 0.129. The summed E-state index contributed by atoms with van der Waals surface area (Å²) in [6, 6.07) is 2.57. The molecule has 2 fully saturated rings. The number of ether oxygens (including phenoxy) is 1. The largest absolute Gasteiger partial charge is 0.514 e. The van der Waals surface area contributed by atoms with Crippen LogP contribution in [0.5, 0.6) is 0 Å². The molecule has 3 heterocycles. The highest BCUT2D eigenvalue weighted by atomic mass is 16.7. The number of nitrogens with zero attached hydrogens (tertiary/aromatic N) is 2. The Labute approximate surface area is 138 Å². The first-order valence-corrected chi connectivity index (χ1v) is 6.68. The summed E-state index contributed by atoms with van der Waals surface area (Å²) < 4.78 is 80.3. The molecule has 3 rings (SSSR count). The molecule has 0 atom stereocenters. The van der Waals surface area contributed by atoms with Gasteiger partial charge in [-0.15, -0.1) is 0 Å². The van der Waals surface area contributed by atoms with Crippen LogP contribution in [0.4, 0.5) is 5.69 Å². The fourth-order valence-corrected chi connectivity index (χ4v) is 1.99. The molecule has 21 heavy (non-hydrogen) atoms. The Hall–Kier alpha value is -1.11. The Kier molecular flexibility index (Phi) is 1.99. The fraction of sp³-hybridized carbons (Fsp3) is 0.667. The van der Waals surface area contributed by atoms with E-state index in [1.807, 2.05) is 27.7 Å². The minimum Gasteiger partial charge on any atom is -0.398 e. The van der Waals surface area contributed by atoms with E-state index >= 15 is 0 Å². The van der Waals surface area contributed by atoms with Gasteiger partial charge >= 0.3 is 7.12 Å². The van der Waals surface area contributed by atoms with E-state index in [0.717, 1.165) is 0 Å². The third-order valence-corrected chi connectivity index (χ3v) is 3.93. The van der Waals surface area contributed by atoms with Crippen molar-refractivity contribution in [2.24, 2.45) is 0 Å². The average Bonchev–Trinajstić information content (AvgIpc) is 2.73. The van der Waals surface area contributed by atoms with Crippen LogP contribution in [-0.4, -0.2) is 49.4 Å². The van der Waals surface area contributed by atoms with Crippen LogP contribution in [0.15, 0.2) is 18.3 Å². The van der Waals surface area contributed by atoms with Gasteiger partial charge in [0.15, 0.2) is 0 Å². The number of morpholine rings is 1. The van der Waals surface area contributed by atoms with Gasteiger partial charge < -0.3 is 18.9 Å². The van der Waals surface area contributed by atoms with Gasteiger partial charge in [-0.3, -0.25) is 4.98 Å². The maximum atomic E-state index is 8.16. The normalized spacial score (nSPS) is 39.6. The molecule has 0 N–H and O–H groups in total. The summed E-state index contributed by atoms with van der Waals surface area (Å²) in [5.41, 5.74) is -1.23. The van der Waals surface area contributed by atoms with Crippen molar-refractivity contribution in [1.29, 1.82) is 0 Å². The zero-order valence-electron chi connectivity index (χ0n) is 20.4. The number of rotatable bonds is 2. The van der Waals surface area contributed by atoms with Crippen LogP contribution in [0.2, 0.25) is 0 Å². The van der Waals surface area contributed by atoms with Gasteiger partial charge in [-0.25, -0.2) is 0 Å². The van der Waals surface area contributed by atoms with Gasteiger partial charge in [-0.2, -0.15) is 0 Å². The number of aromatic nitrogens is 1. The van der Waals surface area contributed by atoms with Crippen LogP contribution < -0.4 is 10.5 Å². The highest BCUT2D eigenvalue weighted by Crippen LogP contribution is 2.36. The van der Waals surface area contributed by atoms with Crippen molar-refractivity contribution >= 4 is 18.4 Å². The molecule has 0 unspecified atom stereocenters. The zero-order chi connectivity index (χ0) is 22.3. The second kappa shape index (κ2) is 5.27. The van der Waals surface area contributed by atoms with Gasteiger partial charge in [0.05, 0.1) is 40.9 Å². The SMILES string of the molecule is [2H]C1([2H])OC([2H])([2H])C([2H])([2H])N(c2ccnc(B3OC(C)(C)C(C)(C)O3)c2)C1([2H])[2H]. The van der Waals surface area contributed by atoms with E-state index in [1.165, 1.54) is 18.3 Å². The van der Waals surface area contributed by atoms with E-state index in [-0.39, 0.29) is 11.3 Å². The number of hydrogen-bond acceptors (Lipinski definition) is 5. The highest BCUT2D eigenvalue weighted by molar-refractivity contribution is 6.61. The second-order valence-electron chi connectivity index (χ2n) is 5.89. The van der Waals surface area contributed by atoms with Crippen molar-refractivity contribution in [3.05, 3.63) is 18.3 Å². The molecule has 2 aliphatic rings. The predicted octanol–water partition coefficient (Wildman–Crippen LogP) is 1.22. The highest BCUT2D eigenvalue weighted by Gasteiger charge is 2.52. The molecule has 0 spiro atoms. The summed E-state index contributed by atoms with van der Waals surface area (Å²) in [7, 11) is -0.911. The lowest BCUT2D eigenvalue weighted by atomic mass is 9.84. The molecule has 0 radical (unpaired) electrons. The van der Waals surface area contributed by atoms with Crippen molar-refractivity contribution in [1.82, 2.24) is 4.98 Å². The summed E-state index contributed by atoms with van der Waals surface area (Å²) in [6.45, 7) is -4.93. The Morgan fingerprint density at radius 3 is 2.43 bits per heavy atom. The van der Waals surface area contributed by atoms with Gasteiger partial charge in [-0.1, -0.05) is 0 Å². The maximum Gasteiger partial charge on any atom is 0.514 e. The molecule has 5 nitrogen and oxygen atoms in total. The van der Waals surface area contributed by atoms with E-state index < -0.39 is 44.4 Å². The van der Waals surface area contributed by atoms with E-state index in [2.05, 4.69) is 9.72 Å². The van der Waals surface area contributed by atoms with E-state index in [0.29, 0.717) is 4.90 Å². The summed E-state index contributed by atoms with van der Waals surface area (Å²) >= 11 is 0. The molecule has 0 amide bonds. The molecule has 0 bridgehead atoms. The van der Waals surface area contributed by atoms with Crippen molar-refractivity contribution in [2.45, 2.75) is 38.9 Å². The number of pyridine rings is 1. The molecular formula is C15H23BN2O3. The van der Waals surface area contributed by atoms with Crippen LogP contribution in [0.1, 0.15) is 38.7 Å². The lowest BCUT2D eigenvalue weighted by Crippen LogP contribution is -2.41. The van der Waals surface area contributed by atoms with Gasteiger partial charge in [0.1, 0.15) is 0 Å². The van der Waals surface area contributed by atoms with Gasteiger partial charge in [0.25, 0.3) is 0 Å². The van der Waals surface area contributed by atoms with Crippen molar-refractivity contribution in [3.63, 3.8) is 0 Å². The molecule has 0 aromatic carbocycles. The maximum absolute atomic E-state index is 8.16. The zero-order valence-corrected chi connectivity index (χ0v) is 12.4. The van der Waals surface area contributed by atoms with Crippen LogP contribution in [-0.2, 0) is 14.0 Å². The summed E-state index contributed by atoms with van der Waals surface area (Å²) in [5, 5.41) is 0. The first kappa shape index (κ1) is 7.95. The summed E-state index contributed by atoms with van der Waals surface area (Å²) in [5.74, 6) is 0. The molecule has 0 aliphatic carbocycles. The number of hydrogen-bond donors (Lipinski definition) is 0. The second-order valence-corrected chi connectivity index (χ2v) is 5.89. The fourth-order valence-electron chi connectivity index (χ4n) is 1.99. The number of anilines is 1. The Balaban J connectivity index is 2.07. The summed E-state index contributed by atoms with van der Waals surface area (Å²) in [4.78, 5) is 4.58. The van der Waals surface area contributed by atoms with Crippen LogP contribution >= 0.6 is 0 Å². The van der Waals surface area contributed by atoms with Gasteiger partial charge in [-0.05, 0) is 39.8 Å². The Bertz CT molecular complexity index is 779. The molecule has 0 saturated carbocycles. The average molecular weight is 298 g/mol. The van der Waals surface area contributed by atoms with Crippen molar-refractivity contribution < 1.29 is 25.0 Å². The summed E-state index contributed by atoms with van der Waals surface area (Å²) in [6.07, 6.45) is 1.28. The monoisotopic (exact) mass is 298 g/mol. The lowest BCUT2D eigenvalue weighted by molar-refractivity contribution is 0.00578. The molecule has 1 aromatic rings. The van der Waals surface area contributed by atoms with Crippen molar-refractivity contribution in [2.75, 3.05) is 31.0 Å². The van der Waals surface area contributed by atoms with Gasteiger partial charge in [0.2, 0.25) is 0 Å². The molecule has 114 valence electrons. The molecule has 2 aliphatic heterocycles. The molecule has 6 heteroatoms. The third-order valence-electron chi connectivity index (χ3n) is 3.93. The lowest BCUT2D eigenvalue weighted by Gasteiger charge is -2.32. The van der Waals surface area contributed by atoms with E-state index in [4.69, 9.17) is 20.3 Å². The molecule has 1 aromatic heterocycles. The van der Waals surface area contributed by atoms with Crippen LogP contribution in [0, 0.1) is 0 Å². The molecular weight excluding hydrogens is 267 g/mol. The minimum atomic E-state index is -3.13. The van der Waals surface area contributed by atoms with E-state index in [9.17, 15) is 0 Å². The smallest absolute Gasteiger partial charge is 0.398 e. The standard InChI is InChI=1S/C15H23BN2O3/c1-14(2)15(3,4)21-16(20-14)13-11-12(5-6-17-13)18-7-9-19-10-8-18/h5-6,11H,7-10H2,1-4H3/i7D2,8D2,9D2,10D2. The Morgan fingerprint density at radius 2 is 1.81 bits per heavy atom. The van der Waals surface area contributed by atoms with Gasteiger partial charge in [0, 0.05) is 24.9 Å². The predicted molar refractivity (Wildman–Crippen MR) is 83.0 cm³/mol. The van der Waals surface area contributed by atoms with Crippen LogP contribution in [0.3, 0.4) is 0 Å².